The van der Waals surface area contributed by atoms with E-state index in [-0.39, 0.29) is 6.10 Å². The molecule has 1 aromatic rings. The summed E-state index contributed by atoms with van der Waals surface area (Å²) in [6, 6.07) is 6.14. The van der Waals surface area contributed by atoms with Crippen molar-refractivity contribution in [1.29, 1.82) is 0 Å². The molecule has 0 fully saturated rings. The molecular formula is C14H19NO. The van der Waals surface area contributed by atoms with Crippen molar-refractivity contribution >= 4 is 0 Å². The van der Waals surface area contributed by atoms with Crippen LogP contribution in [-0.2, 0) is 6.54 Å². The predicted octanol–water partition coefficient (Wildman–Crippen LogP) is 2.94. The highest BCUT2D eigenvalue weighted by Crippen LogP contribution is 2.26. The molecule has 0 heterocycles. The Kier molecular flexibility index (Phi) is 3.62. The number of allylic oxidation sites excluding steroid dienone is 1. The number of para-hydroxylation sites is 1. The van der Waals surface area contributed by atoms with Crippen molar-refractivity contribution in [3.05, 3.63) is 41.5 Å². The van der Waals surface area contributed by atoms with Gasteiger partial charge in [0.15, 0.2) is 0 Å². The maximum atomic E-state index is 6.04. The summed E-state index contributed by atoms with van der Waals surface area (Å²) in [6.45, 7) is 2.61. The second-order valence-electron chi connectivity index (χ2n) is 4.28. The normalized spacial score (nSPS) is 19.8. The first-order chi connectivity index (χ1) is 7.81. The lowest BCUT2D eigenvalue weighted by molar-refractivity contribution is 0.226. The molecule has 0 spiro atoms. The van der Waals surface area contributed by atoms with Gasteiger partial charge in [0.1, 0.15) is 11.9 Å². The predicted molar refractivity (Wildman–Crippen MR) is 66.5 cm³/mol. The van der Waals surface area contributed by atoms with E-state index in [2.05, 4.69) is 25.1 Å². The second kappa shape index (κ2) is 5.17. The Labute approximate surface area is 97.1 Å². The number of rotatable bonds is 3. The number of benzene rings is 1. The monoisotopic (exact) mass is 217 g/mol. The van der Waals surface area contributed by atoms with E-state index in [1.54, 1.807) is 0 Å². The number of ether oxygens (including phenoxy) is 1. The largest absolute Gasteiger partial charge is 0.486 e. The Morgan fingerprint density at radius 2 is 2.31 bits per heavy atom. The van der Waals surface area contributed by atoms with Crippen LogP contribution in [0.25, 0.3) is 0 Å². The summed E-state index contributed by atoms with van der Waals surface area (Å²) in [4.78, 5) is 0. The maximum Gasteiger partial charge on any atom is 0.127 e. The zero-order chi connectivity index (χ0) is 11.4. The van der Waals surface area contributed by atoms with Gasteiger partial charge in [0.05, 0.1) is 0 Å². The van der Waals surface area contributed by atoms with Gasteiger partial charge >= 0.3 is 0 Å². The fraction of sp³-hybridized carbons (Fsp3) is 0.429. The van der Waals surface area contributed by atoms with Crippen LogP contribution in [0.2, 0.25) is 0 Å². The molecule has 1 unspecified atom stereocenters. The Morgan fingerprint density at radius 3 is 3.00 bits per heavy atom. The van der Waals surface area contributed by atoms with E-state index in [0.29, 0.717) is 6.54 Å². The lowest BCUT2D eigenvalue weighted by Crippen LogP contribution is -2.17. The third kappa shape index (κ3) is 2.45. The topological polar surface area (TPSA) is 35.2 Å². The molecule has 1 aliphatic rings. The highest BCUT2D eigenvalue weighted by molar-refractivity contribution is 5.41. The van der Waals surface area contributed by atoms with Crippen LogP contribution >= 0.6 is 0 Å². The van der Waals surface area contributed by atoms with Crippen LogP contribution in [0.15, 0.2) is 30.4 Å². The standard InChI is InChI=1S/C14H19NO/c1-11-6-5-7-12(10-15)14(11)16-13-8-3-2-4-9-13/h3,5-8,13H,2,4,9-10,15H2,1H3. The maximum absolute atomic E-state index is 6.04. The van der Waals surface area contributed by atoms with Crippen molar-refractivity contribution in [2.45, 2.75) is 38.8 Å². The minimum atomic E-state index is 0.222. The van der Waals surface area contributed by atoms with Crippen molar-refractivity contribution < 1.29 is 4.74 Å². The summed E-state index contributed by atoms with van der Waals surface area (Å²) >= 11 is 0. The summed E-state index contributed by atoms with van der Waals surface area (Å²) in [5.74, 6) is 0.974. The Balaban J connectivity index is 2.19. The van der Waals surface area contributed by atoms with Crippen molar-refractivity contribution in [3.8, 4) is 5.75 Å². The van der Waals surface area contributed by atoms with Gasteiger partial charge in [-0.25, -0.2) is 0 Å². The highest BCUT2D eigenvalue weighted by atomic mass is 16.5. The van der Waals surface area contributed by atoms with E-state index in [1.807, 2.05) is 12.1 Å². The van der Waals surface area contributed by atoms with Gasteiger partial charge in [-0.1, -0.05) is 24.3 Å². The minimum absolute atomic E-state index is 0.222. The number of aryl methyl sites for hydroxylation is 1. The van der Waals surface area contributed by atoms with E-state index < -0.39 is 0 Å². The Hall–Kier alpha value is -1.28. The molecule has 1 atom stereocenters. The summed E-state index contributed by atoms with van der Waals surface area (Å²) in [5, 5.41) is 0. The molecule has 0 radical (unpaired) electrons. The minimum Gasteiger partial charge on any atom is -0.486 e. The van der Waals surface area contributed by atoms with Crippen molar-refractivity contribution in [1.82, 2.24) is 0 Å². The summed E-state index contributed by atoms with van der Waals surface area (Å²) in [6.07, 6.45) is 8.09. The molecule has 2 heteroatoms. The van der Waals surface area contributed by atoms with E-state index in [4.69, 9.17) is 10.5 Å². The average Bonchev–Trinajstić information content (AvgIpc) is 2.33. The van der Waals surface area contributed by atoms with Gasteiger partial charge in [0.25, 0.3) is 0 Å². The molecule has 2 nitrogen and oxygen atoms in total. The van der Waals surface area contributed by atoms with Crippen LogP contribution in [0.4, 0.5) is 0 Å². The molecule has 1 aliphatic carbocycles. The molecule has 0 amide bonds. The number of hydrogen-bond donors (Lipinski definition) is 1. The van der Waals surface area contributed by atoms with Crippen molar-refractivity contribution in [2.75, 3.05) is 0 Å². The van der Waals surface area contributed by atoms with Gasteiger partial charge < -0.3 is 10.5 Å². The van der Waals surface area contributed by atoms with Crippen molar-refractivity contribution in [3.63, 3.8) is 0 Å². The first-order valence-corrected chi connectivity index (χ1v) is 5.93. The van der Waals surface area contributed by atoms with Gasteiger partial charge in [-0.3, -0.25) is 0 Å². The highest BCUT2D eigenvalue weighted by Gasteiger charge is 2.13. The molecule has 0 saturated heterocycles. The SMILES string of the molecule is Cc1cccc(CN)c1OC1C=CCCC1. The van der Waals surface area contributed by atoms with Gasteiger partial charge in [0.2, 0.25) is 0 Å². The van der Waals surface area contributed by atoms with Crippen LogP contribution in [0.1, 0.15) is 30.4 Å². The molecule has 86 valence electrons. The molecule has 16 heavy (non-hydrogen) atoms. The number of nitrogens with two attached hydrogens (primary N) is 1. The van der Waals surface area contributed by atoms with Gasteiger partial charge in [-0.15, -0.1) is 0 Å². The first kappa shape index (κ1) is 11.2. The molecule has 1 aromatic carbocycles. The van der Waals surface area contributed by atoms with Crippen LogP contribution in [-0.4, -0.2) is 6.10 Å². The molecular weight excluding hydrogens is 198 g/mol. The van der Waals surface area contributed by atoms with E-state index in [9.17, 15) is 0 Å². The molecule has 0 aliphatic heterocycles. The number of hydrogen-bond acceptors (Lipinski definition) is 2. The molecule has 0 aromatic heterocycles. The fourth-order valence-electron chi connectivity index (χ4n) is 2.07. The van der Waals surface area contributed by atoms with Crippen molar-refractivity contribution in [2.24, 2.45) is 5.73 Å². The third-order valence-corrected chi connectivity index (χ3v) is 2.99. The molecule has 0 bridgehead atoms. The van der Waals surface area contributed by atoms with E-state index >= 15 is 0 Å². The molecule has 2 rings (SSSR count). The first-order valence-electron chi connectivity index (χ1n) is 5.93. The second-order valence-corrected chi connectivity index (χ2v) is 4.28. The fourth-order valence-corrected chi connectivity index (χ4v) is 2.07. The van der Waals surface area contributed by atoms with Crippen LogP contribution in [0.5, 0.6) is 5.75 Å². The average molecular weight is 217 g/mol. The third-order valence-electron chi connectivity index (χ3n) is 2.99. The van der Waals surface area contributed by atoms with Gasteiger partial charge in [-0.05, 0) is 37.8 Å². The van der Waals surface area contributed by atoms with Gasteiger partial charge in [0, 0.05) is 12.1 Å². The lowest BCUT2D eigenvalue weighted by atomic mass is 10.0. The van der Waals surface area contributed by atoms with Crippen LogP contribution in [0, 0.1) is 6.92 Å². The quantitative estimate of drug-likeness (QED) is 0.790. The lowest BCUT2D eigenvalue weighted by Gasteiger charge is -2.21. The molecule has 2 N–H and O–H groups in total. The van der Waals surface area contributed by atoms with E-state index in [1.165, 1.54) is 18.4 Å². The smallest absolute Gasteiger partial charge is 0.127 e. The summed E-state index contributed by atoms with van der Waals surface area (Å²) in [7, 11) is 0. The van der Waals surface area contributed by atoms with Gasteiger partial charge in [-0.2, -0.15) is 0 Å². The summed E-state index contributed by atoms with van der Waals surface area (Å²) < 4.78 is 6.04. The van der Waals surface area contributed by atoms with Crippen LogP contribution < -0.4 is 10.5 Å². The Morgan fingerprint density at radius 1 is 1.44 bits per heavy atom. The van der Waals surface area contributed by atoms with Crippen LogP contribution in [0.3, 0.4) is 0 Å². The zero-order valence-electron chi connectivity index (χ0n) is 9.78. The Bertz CT molecular complexity index is 384. The molecule has 0 saturated carbocycles. The summed E-state index contributed by atoms with van der Waals surface area (Å²) in [5.41, 5.74) is 7.99. The van der Waals surface area contributed by atoms with E-state index in [0.717, 1.165) is 17.7 Å². The zero-order valence-corrected chi connectivity index (χ0v) is 9.78.